The molecule has 2 rings (SSSR count). The number of rotatable bonds is 7. The van der Waals surface area contributed by atoms with Gasteiger partial charge in [-0.1, -0.05) is 33.3 Å². The summed E-state index contributed by atoms with van der Waals surface area (Å²) >= 11 is 0. The maximum Gasteiger partial charge on any atom is 0.223 e. The lowest BCUT2D eigenvalue weighted by Gasteiger charge is -2.33. The van der Waals surface area contributed by atoms with Crippen LogP contribution in [0.1, 0.15) is 58.6 Å². The van der Waals surface area contributed by atoms with Crippen LogP contribution in [0, 0.1) is 11.8 Å². The lowest BCUT2D eigenvalue weighted by molar-refractivity contribution is -0.136. The van der Waals surface area contributed by atoms with E-state index >= 15 is 0 Å². The van der Waals surface area contributed by atoms with Gasteiger partial charge >= 0.3 is 0 Å². The van der Waals surface area contributed by atoms with Crippen LogP contribution >= 0.6 is 0 Å². The van der Waals surface area contributed by atoms with Gasteiger partial charge in [-0.05, 0) is 56.3 Å². The Balaban J connectivity index is 2.12. The van der Waals surface area contributed by atoms with E-state index in [9.17, 15) is 4.79 Å². The van der Waals surface area contributed by atoms with Gasteiger partial charge in [0.25, 0.3) is 0 Å². The summed E-state index contributed by atoms with van der Waals surface area (Å²) in [4.78, 5) is 19.7. The van der Waals surface area contributed by atoms with E-state index in [0.717, 1.165) is 44.5 Å². The second kappa shape index (κ2) is 9.77. The summed E-state index contributed by atoms with van der Waals surface area (Å²) in [5, 5.41) is 3.45. The highest BCUT2D eigenvalue weighted by Crippen LogP contribution is 2.23. The molecule has 2 atom stereocenters. The van der Waals surface area contributed by atoms with Crippen LogP contribution in [-0.4, -0.2) is 34.9 Å². The Hall–Kier alpha value is -1.42. The van der Waals surface area contributed by atoms with Crippen molar-refractivity contribution in [2.45, 2.75) is 65.5 Å². The molecule has 0 spiro atoms. The monoisotopic (exact) mass is 331 g/mol. The molecular weight excluding hydrogens is 298 g/mol. The minimum Gasteiger partial charge on any atom is -0.334 e. The van der Waals surface area contributed by atoms with E-state index in [-0.39, 0.29) is 0 Å². The fourth-order valence-corrected chi connectivity index (χ4v) is 3.59. The first kappa shape index (κ1) is 18.9. The maximum atomic E-state index is 13.1. The molecule has 1 aliphatic rings. The number of hydrogen-bond donors (Lipinski definition) is 1. The zero-order chi connectivity index (χ0) is 17.4. The van der Waals surface area contributed by atoms with Crippen molar-refractivity contribution in [1.82, 2.24) is 15.2 Å². The van der Waals surface area contributed by atoms with Crippen LogP contribution in [-0.2, 0) is 11.3 Å². The average molecular weight is 332 g/mol. The molecule has 0 aliphatic carbocycles. The molecular formula is C20H33N3O. The minimum atomic E-state index is 0.299. The SMILES string of the molecule is CCC(CC(=O)N(Cc1ccccn1)C1CCCNCC1)C(C)C. The van der Waals surface area contributed by atoms with Gasteiger partial charge in [0.1, 0.15) is 0 Å². The van der Waals surface area contributed by atoms with Crippen LogP contribution in [0.5, 0.6) is 0 Å². The van der Waals surface area contributed by atoms with Crippen LogP contribution in [0.15, 0.2) is 24.4 Å². The number of hydrogen-bond acceptors (Lipinski definition) is 3. The van der Waals surface area contributed by atoms with Gasteiger partial charge in [-0.15, -0.1) is 0 Å². The first-order valence-corrected chi connectivity index (χ1v) is 9.51. The zero-order valence-electron chi connectivity index (χ0n) is 15.5. The smallest absolute Gasteiger partial charge is 0.223 e. The molecule has 1 saturated heterocycles. The Kier molecular flexibility index (Phi) is 7.70. The van der Waals surface area contributed by atoms with Crippen LogP contribution in [0.25, 0.3) is 0 Å². The summed E-state index contributed by atoms with van der Waals surface area (Å²) in [6, 6.07) is 6.29. The Labute approximate surface area is 147 Å². The number of amides is 1. The van der Waals surface area contributed by atoms with Crippen molar-refractivity contribution in [3.8, 4) is 0 Å². The van der Waals surface area contributed by atoms with Gasteiger partial charge < -0.3 is 10.2 Å². The van der Waals surface area contributed by atoms with Gasteiger partial charge in [-0.3, -0.25) is 9.78 Å². The first-order valence-electron chi connectivity index (χ1n) is 9.51. The fourth-order valence-electron chi connectivity index (χ4n) is 3.59. The number of carbonyl (C=O) groups excluding carboxylic acids is 1. The van der Waals surface area contributed by atoms with Gasteiger partial charge in [0.05, 0.1) is 12.2 Å². The van der Waals surface area contributed by atoms with E-state index in [1.165, 1.54) is 0 Å². The molecule has 1 N–H and O–H groups in total. The number of carbonyl (C=O) groups is 1. The van der Waals surface area contributed by atoms with E-state index in [0.29, 0.717) is 36.8 Å². The molecule has 0 radical (unpaired) electrons. The standard InChI is InChI=1S/C20H33N3O/c1-4-17(16(2)3)14-20(24)23(15-18-8-5-6-12-22-18)19-9-7-11-21-13-10-19/h5-6,8,12,16-17,19,21H,4,7,9-11,13-15H2,1-3H3. The molecule has 1 aromatic rings. The molecule has 0 saturated carbocycles. The third kappa shape index (κ3) is 5.59. The average Bonchev–Trinajstić information content (AvgIpc) is 2.87. The lowest BCUT2D eigenvalue weighted by atomic mass is 9.89. The Morgan fingerprint density at radius 2 is 2.17 bits per heavy atom. The summed E-state index contributed by atoms with van der Waals surface area (Å²) < 4.78 is 0. The quantitative estimate of drug-likeness (QED) is 0.830. The van der Waals surface area contributed by atoms with Gasteiger partial charge in [-0.25, -0.2) is 0 Å². The largest absolute Gasteiger partial charge is 0.334 e. The van der Waals surface area contributed by atoms with E-state index < -0.39 is 0 Å². The summed E-state index contributed by atoms with van der Waals surface area (Å²) in [6.07, 6.45) is 6.80. The fraction of sp³-hybridized carbons (Fsp3) is 0.700. The highest BCUT2D eigenvalue weighted by Gasteiger charge is 2.27. The molecule has 2 heterocycles. The highest BCUT2D eigenvalue weighted by atomic mass is 16.2. The number of nitrogens with zero attached hydrogens (tertiary/aromatic N) is 2. The third-order valence-corrected chi connectivity index (χ3v) is 5.27. The van der Waals surface area contributed by atoms with E-state index in [1.807, 2.05) is 24.4 Å². The number of aromatic nitrogens is 1. The molecule has 4 heteroatoms. The summed E-state index contributed by atoms with van der Waals surface area (Å²) in [7, 11) is 0. The molecule has 2 unspecified atom stereocenters. The Morgan fingerprint density at radius 3 is 2.83 bits per heavy atom. The number of nitrogens with one attached hydrogen (secondary N) is 1. The second-order valence-electron chi connectivity index (χ2n) is 7.29. The molecule has 24 heavy (non-hydrogen) atoms. The van der Waals surface area contributed by atoms with Crippen LogP contribution in [0.3, 0.4) is 0 Å². The molecule has 134 valence electrons. The zero-order valence-corrected chi connectivity index (χ0v) is 15.5. The lowest BCUT2D eigenvalue weighted by Crippen LogP contribution is -2.41. The van der Waals surface area contributed by atoms with Gasteiger partial charge in [0, 0.05) is 18.7 Å². The molecule has 1 fully saturated rings. The molecule has 0 aromatic carbocycles. The van der Waals surface area contributed by atoms with Crippen LogP contribution < -0.4 is 5.32 Å². The number of pyridine rings is 1. The summed E-state index contributed by atoms with van der Waals surface area (Å²) in [5.74, 6) is 1.31. The van der Waals surface area contributed by atoms with Crippen molar-refractivity contribution in [3.63, 3.8) is 0 Å². The highest BCUT2D eigenvalue weighted by molar-refractivity contribution is 5.76. The van der Waals surface area contributed by atoms with Crippen molar-refractivity contribution in [1.29, 1.82) is 0 Å². The van der Waals surface area contributed by atoms with Crippen LogP contribution in [0.4, 0.5) is 0 Å². The molecule has 1 aliphatic heterocycles. The predicted octanol–water partition coefficient (Wildman–Crippen LogP) is 3.62. The molecule has 4 nitrogen and oxygen atoms in total. The maximum absolute atomic E-state index is 13.1. The third-order valence-electron chi connectivity index (χ3n) is 5.27. The predicted molar refractivity (Wildman–Crippen MR) is 98.5 cm³/mol. The second-order valence-corrected chi connectivity index (χ2v) is 7.29. The molecule has 1 amide bonds. The minimum absolute atomic E-state index is 0.299. The topological polar surface area (TPSA) is 45.2 Å². The Morgan fingerprint density at radius 1 is 1.33 bits per heavy atom. The van der Waals surface area contributed by atoms with Gasteiger partial charge in [0.15, 0.2) is 0 Å². The summed E-state index contributed by atoms with van der Waals surface area (Å²) in [5.41, 5.74) is 0.987. The van der Waals surface area contributed by atoms with Gasteiger partial charge in [-0.2, -0.15) is 0 Å². The van der Waals surface area contributed by atoms with E-state index in [1.54, 1.807) is 0 Å². The van der Waals surface area contributed by atoms with Crippen LogP contribution in [0.2, 0.25) is 0 Å². The van der Waals surface area contributed by atoms with Crippen molar-refractivity contribution in [2.75, 3.05) is 13.1 Å². The van der Waals surface area contributed by atoms with Crippen molar-refractivity contribution in [3.05, 3.63) is 30.1 Å². The Bertz CT molecular complexity index is 481. The van der Waals surface area contributed by atoms with E-state index in [4.69, 9.17) is 0 Å². The van der Waals surface area contributed by atoms with Gasteiger partial charge in [0.2, 0.25) is 5.91 Å². The summed E-state index contributed by atoms with van der Waals surface area (Å²) in [6.45, 7) is 9.33. The first-order chi connectivity index (χ1) is 11.6. The van der Waals surface area contributed by atoms with Crippen molar-refractivity contribution in [2.24, 2.45) is 11.8 Å². The van der Waals surface area contributed by atoms with E-state index in [2.05, 4.69) is 36.0 Å². The van der Waals surface area contributed by atoms with Crippen molar-refractivity contribution < 1.29 is 4.79 Å². The molecule has 0 bridgehead atoms. The normalized spacial score (nSPS) is 19.8. The molecule has 1 aromatic heterocycles. The van der Waals surface area contributed by atoms with Crippen molar-refractivity contribution >= 4 is 5.91 Å².